The van der Waals surface area contributed by atoms with Crippen molar-refractivity contribution < 1.29 is 4.74 Å². The number of hydrogen-bond donors (Lipinski definition) is 0. The van der Waals surface area contributed by atoms with Gasteiger partial charge in [-0.1, -0.05) is 91.0 Å². The molecular weight excluding hydrogens is 335 g/mol. The van der Waals surface area contributed by atoms with Crippen LogP contribution in [-0.2, 0) is 0 Å². The monoisotopic (exact) mass is 356 g/mol. The Morgan fingerprint density at radius 3 is 1.85 bits per heavy atom. The van der Waals surface area contributed by atoms with Crippen LogP contribution in [0, 0.1) is 0 Å². The van der Waals surface area contributed by atoms with Crippen LogP contribution in [0.15, 0.2) is 97.1 Å². The predicted octanol–water partition coefficient (Wildman–Crippen LogP) is 5.00. The van der Waals surface area contributed by atoms with Crippen molar-refractivity contribution in [1.82, 2.24) is 0 Å². The van der Waals surface area contributed by atoms with Gasteiger partial charge in [-0.3, -0.25) is 0 Å². The van der Waals surface area contributed by atoms with E-state index in [2.05, 4.69) is 97.1 Å². The highest BCUT2D eigenvalue weighted by Crippen LogP contribution is 2.39. The first kappa shape index (κ1) is 16.8. The van der Waals surface area contributed by atoms with E-state index in [0.29, 0.717) is 6.61 Å². The van der Waals surface area contributed by atoms with E-state index in [1.54, 1.807) is 0 Å². The fraction of sp³-hybridized carbons (Fsp3) is 0.0833. The first-order valence-electron chi connectivity index (χ1n) is 8.93. The number of rotatable bonds is 5. The SMILES string of the molecule is CCOc1ccc2ccccc2c1P(c1ccccc1)c1ccccc1. The molecule has 0 heterocycles. The number of fused-ring (bicyclic) bond motifs is 1. The van der Waals surface area contributed by atoms with Crippen LogP contribution >= 0.6 is 7.92 Å². The van der Waals surface area contributed by atoms with Gasteiger partial charge in [-0.05, 0) is 42.3 Å². The molecule has 26 heavy (non-hydrogen) atoms. The molecule has 128 valence electrons. The van der Waals surface area contributed by atoms with E-state index in [1.807, 2.05) is 6.92 Å². The second kappa shape index (κ2) is 7.72. The maximum absolute atomic E-state index is 6.09. The minimum atomic E-state index is -0.703. The molecule has 0 bridgehead atoms. The summed E-state index contributed by atoms with van der Waals surface area (Å²) in [5, 5.41) is 6.51. The molecule has 0 aliphatic rings. The summed E-state index contributed by atoms with van der Waals surface area (Å²) in [6, 6.07) is 34.5. The van der Waals surface area contributed by atoms with Crippen LogP contribution in [0.2, 0.25) is 0 Å². The number of ether oxygens (including phenoxy) is 1. The molecule has 4 rings (SSSR count). The fourth-order valence-electron chi connectivity index (χ4n) is 3.30. The zero-order valence-electron chi connectivity index (χ0n) is 14.8. The van der Waals surface area contributed by atoms with E-state index < -0.39 is 7.92 Å². The Morgan fingerprint density at radius 2 is 1.23 bits per heavy atom. The Hall–Kier alpha value is -2.63. The highest BCUT2D eigenvalue weighted by atomic mass is 31.1. The predicted molar refractivity (Wildman–Crippen MR) is 114 cm³/mol. The molecule has 0 radical (unpaired) electrons. The summed E-state index contributed by atoms with van der Waals surface area (Å²) in [5.41, 5.74) is 0. The Kier molecular flexibility index (Phi) is 5.00. The van der Waals surface area contributed by atoms with E-state index in [-0.39, 0.29) is 0 Å². The van der Waals surface area contributed by atoms with E-state index >= 15 is 0 Å². The van der Waals surface area contributed by atoms with Gasteiger partial charge in [-0.15, -0.1) is 0 Å². The Balaban J connectivity index is 2.03. The zero-order valence-corrected chi connectivity index (χ0v) is 15.7. The van der Waals surface area contributed by atoms with Gasteiger partial charge in [0.15, 0.2) is 0 Å². The van der Waals surface area contributed by atoms with Gasteiger partial charge in [0.2, 0.25) is 0 Å². The smallest absolute Gasteiger partial charge is 0.128 e. The van der Waals surface area contributed by atoms with Gasteiger partial charge in [0.1, 0.15) is 5.75 Å². The van der Waals surface area contributed by atoms with Crippen LogP contribution in [-0.4, -0.2) is 6.61 Å². The van der Waals surface area contributed by atoms with Crippen LogP contribution in [0.25, 0.3) is 10.8 Å². The molecule has 4 aromatic carbocycles. The Bertz CT molecular complexity index is 957. The summed E-state index contributed by atoms with van der Waals surface area (Å²) in [5.74, 6) is 0.991. The van der Waals surface area contributed by atoms with Crippen LogP contribution in [0.5, 0.6) is 5.75 Å². The van der Waals surface area contributed by atoms with E-state index in [9.17, 15) is 0 Å². The second-order valence-corrected chi connectivity index (χ2v) is 8.22. The van der Waals surface area contributed by atoms with Crippen LogP contribution < -0.4 is 20.7 Å². The summed E-state index contributed by atoms with van der Waals surface area (Å²) in [7, 11) is -0.703. The molecule has 0 aliphatic heterocycles. The van der Waals surface area contributed by atoms with E-state index in [1.165, 1.54) is 26.7 Å². The summed E-state index contributed by atoms with van der Waals surface area (Å²) < 4.78 is 6.09. The summed E-state index contributed by atoms with van der Waals surface area (Å²) in [6.45, 7) is 2.71. The lowest BCUT2D eigenvalue weighted by molar-refractivity contribution is 0.343. The molecule has 4 aromatic rings. The minimum absolute atomic E-state index is 0.665. The molecule has 1 nitrogen and oxygen atoms in total. The lowest BCUT2D eigenvalue weighted by Gasteiger charge is -2.24. The van der Waals surface area contributed by atoms with Gasteiger partial charge in [-0.25, -0.2) is 0 Å². The lowest BCUT2D eigenvalue weighted by atomic mass is 10.1. The standard InChI is InChI=1S/C24H21OP/c1-2-25-23-18-17-19-11-9-10-16-22(19)24(23)26(20-12-5-3-6-13-20)21-14-7-4-8-15-21/h3-18H,2H2,1H3. The van der Waals surface area contributed by atoms with Crippen molar-refractivity contribution in [3.63, 3.8) is 0 Å². The third-order valence-electron chi connectivity index (χ3n) is 4.42. The van der Waals surface area contributed by atoms with Crippen molar-refractivity contribution in [3.8, 4) is 5.75 Å². The molecule has 0 amide bonds. The first-order chi connectivity index (χ1) is 12.9. The first-order valence-corrected chi connectivity index (χ1v) is 10.3. The van der Waals surface area contributed by atoms with Gasteiger partial charge in [0.25, 0.3) is 0 Å². The summed E-state index contributed by atoms with van der Waals surface area (Å²) >= 11 is 0. The third-order valence-corrected chi connectivity index (χ3v) is 6.95. The molecule has 0 aromatic heterocycles. The van der Waals surface area contributed by atoms with Gasteiger partial charge >= 0.3 is 0 Å². The van der Waals surface area contributed by atoms with Crippen molar-refractivity contribution in [2.75, 3.05) is 6.61 Å². The molecule has 0 atom stereocenters. The van der Waals surface area contributed by atoms with Crippen LogP contribution in [0.3, 0.4) is 0 Å². The van der Waals surface area contributed by atoms with Crippen LogP contribution in [0.4, 0.5) is 0 Å². The van der Waals surface area contributed by atoms with Crippen molar-refractivity contribution in [3.05, 3.63) is 97.1 Å². The van der Waals surface area contributed by atoms with Gasteiger partial charge in [-0.2, -0.15) is 0 Å². The molecule has 0 saturated heterocycles. The highest BCUT2D eigenvalue weighted by Gasteiger charge is 2.22. The molecule has 0 N–H and O–H groups in total. The zero-order chi connectivity index (χ0) is 17.8. The van der Waals surface area contributed by atoms with E-state index in [4.69, 9.17) is 4.74 Å². The van der Waals surface area contributed by atoms with Crippen molar-refractivity contribution in [1.29, 1.82) is 0 Å². The average Bonchev–Trinajstić information content (AvgIpc) is 2.71. The van der Waals surface area contributed by atoms with E-state index in [0.717, 1.165) is 5.75 Å². The molecule has 0 saturated carbocycles. The molecular formula is C24H21OP. The van der Waals surface area contributed by atoms with Crippen molar-refractivity contribution >= 4 is 34.6 Å². The second-order valence-electron chi connectivity index (χ2n) is 6.07. The minimum Gasteiger partial charge on any atom is -0.493 e. The molecule has 2 heteroatoms. The van der Waals surface area contributed by atoms with Gasteiger partial charge in [0.05, 0.1) is 6.61 Å². The number of benzene rings is 4. The summed E-state index contributed by atoms with van der Waals surface area (Å²) in [4.78, 5) is 0. The van der Waals surface area contributed by atoms with Crippen LogP contribution in [0.1, 0.15) is 6.92 Å². The molecule has 0 aliphatic carbocycles. The largest absolute Gasteiger partial charge is 0.493 e. The topological polar surface area (TPSA) is 9.23 Å². The molecule has 0 fully saturated rings. The number of hydrogen-bond acceptors (Lipinski definition) is 1. The Morgan fingerprint density at radius 1 is 0.654 bits per heavy atom. The maximum atomic E-state index is 6.09. The van der Waals surface area contributed by atoms with Crippen molar-refractivity contribution in [2.24, 2.45) is 0 Å². The third kappa shape index (κ3) is 3.23. The Labute approximate surface area is 156 Å². The lowest BCUT2D eigenvalue weighted by Crippen LogP contribution is -2.23. The maximum Gasteiger partial charge on any atom is 0.128 e. The highest BCUT2D eigenvalue weighted by molar-refractivity contribution is 7.80. The van der Waals surface area contributed by atoms with Gasteiger partial charge in [0, 0.05) is 5.30 Å². The molecule has 0 spiro atoms. The summed E-state index contributed by atoms with van der Waals surface area (Å²) in [6.07, 6.45) is 0. The fourth-order valence-corrected chi connectivity index (χ4v) is 5.86. The molecule has 0 unspecified atom stereocenters. The van der Waals surface area contributed by atoms with Gasteiger partial charge < -0.3 is 4.74 Å². The average molecular weight is 356 g/mol. The van der Waals surface area contributed by atoms with Crippen molar-refractivity contribution in [2.45, 2.75) is 6.92 Å². The quantitative estimate of drug-likeness (QED) is 0.458. The normalized spacial score (nSPS) is 11.0.